The van der Waals surface area contributed by atoms with Crippen LogP contribution in [0.1, 0.15) is 73.9 Å². The number of halogens is 3. The van der Waals surface area contributed by atoms with Crippen LogP contribution in [0.2, 0.25) is 5.02 Å². The van der Waals surface area contributed by atoms with Crippen molar-refractivity contribution in [2.75, 3.05) is 0 Å². The summed E-state index contributed by atoms with van der Waals surface area (Å²) >= 11 is 5.64. The van der Waals surface area contributed by atoms with Crippen molar-refractivity contribution in [3.05, 3.63) is 159 Å². The third-order valence-electron chi connectivity index (χ3n) is 8.25. The zero-order valence-electron chi connectivity index (χ0n) is 29.3. The van der Waals surface area contributed by atoms with Crippen molar-refractivity contribution in [1.82, 2.24) is 15.6 Å². The fraction of sp³-hybridized carbons (Fsp3) is 0.186. The van der Waals surface area contributed by atoms with Gasteiger partial charge in [0.15, 0.2) is 5.82 Å². The van der Waals surface area contributed by atoms with Crippen LogP contribution >= 0.6 is 11.6 Å². The largest absolute Gasteiger partial charge is 0.345 e. The Labute approximate surface area is 313 Å². The van der Waals surface area contributed by atoms with Gasteiger partial charge >= 0.3 is 0 Å². The zero-order chi connectivity index (χ0) is 38.2. The van der Waals surface area contributed by atoms with Gasteiger partial charge in [-0.1, -0.05) is 117 Å². The molecule has 1 aromatic heterocycles. The van der Waals surface area contributed by atoms with E-state index in [1.165, 1.54) is 0 Å². The minimum absolute atomic E-state index is 0.0865. The Morgan fingerprint density at radius 3 is 1.77 bits per heavy atom. The Bertz CT molecular complexity index is 2170. The highest BCUT2D eigenvalue weighted by molar-refractivity contribution is 6.30. The lowest BCUT2D eigenvalue weighted by Crippen LogP contribution is -2.29. The Morgan fingerprint density at radius 1 is 0.736 bits per heavy atom. The molecule has 0 radical (unpaired) electrons. The molecule has 268 valence electrons. The molecule has 1 heterocycles. The molecule has 0 aliphatic carbocycles. The van der Waals surface area contributed by atoms with Gasteiger partial charge in [-0.2, -0.15) is 10.5 Å². The first kappa shape index (κ1) is 39.6. The maximum absolute atomic E-state index is 14.0. The number of hydrogen-bond acceptors (Lipinski definition) is 5. The minimum atomic E-state index is -1.01. The van der Waals surface area contributed by atoms with E-state index in [0.29, 0.717) is 6.42 Å². The lowest BCUT2D eigenvalue weighted by molar-refractivity contribution is -0.118. The molecule has 4 aromatic carbocycles. The summed E-state index contributed by atoms with van der Waals surface area (Å²) in [6, 6.07) is 34.0. The SMILES string of the molecule is CCC[C@H](NC(=O)/C(C#N)=C/c1c(F)ccc(Cl)c1F)c1ccccc1.CCC[C@H](NC(=O)/C(C#N)=C/c1ccnc2ccccc12)c1ccccc1. The predicted molar refractivity (Wildman–Crippen MR) is 205 cm³/mol. The molecule has 0 fully saturated rings. The predicted octanol–water partition coefficient (Wildman–Crippen LogP) is 9.98. The molecule has 53 heavy (non-hydrogen) atoms. The fourth-order valence-electron chi connectivity index (χ4n) is 5.58. The Morgan fingerprint density at radius 2 is 1.25 bits per heavy atom. The molecule has 0 aliphatic heterocycles. The molecule has 2 amide bonds. The maximum Gasteiger partial charge on any atom is 0.262 e. The Hall–Kier alpha value is -6.16. The summed E-state index contributed by atoms with van der Waals surface area (Å²) in [6.45, 7) is 4.05. The van der Waals surface area contributed by atoms with Gasteiger partial charge in [0.25, 0.3) is 11.8 Å². The lowest BCUT2D eigenvalue weighted by Gasteiger charge is -2.18. The molecule has 5 rings (SSSR count). The normalized spacial score (nSPS) is 12.4. The molecular weight excluding hydrogens is 692 g/mol. The van der Waals surface area contributed by atoms with Crippen LogP contribution in [0.3, 0.4) is 0 Å². The summed E-state index contributed by atoms with van der Waals surface area (Å²) in [6.07, 6.45) is 7.41. The van der Waals surface area contributed by atoms with E-state index in [0.717, 1.165) is 65.1 Å². The van der Waals surface area contributed by atoms with Gasteiger partial charge in [0, 0.05) is 17.1 Å². The molecule has 0 unspecified atom stereocenters. The van der Waals surface area contributed by atoms with Crippen LogP contribution in [-0.2, 0) is 9.59 Å². The number of nitrogens with zero attached hydrogens (tertiary/aromatic N) is 3. The topological polar surface area (TPSA) is 119 Å². The highest BCUT2D eigenvalue weighted by Gasteiger charge is 2.20. The molecule has 5 aromatic rings. The van der Waals surface area contributed by atoms with Gasteiger partial charge in [0.1, 0.15) is 29.1 Å². The maximum atomic E-state index is 14.0. The van der Waals surface area contributed by atoms with E-state index in [2.05, 4.69) is 22.5 Å². The molecule has 0 aliphatic rings. The van der Waals surface area contributed by atoms with E-state index in [9.17, 15) is 28.9 Å². The number of carbonyl (C=O) groups excluding carboxylic acids is 2. The van der Waals surface area contributed by atoms with E-state index in [-0.39, 0.29) is 28.6 Å². The van der Waals surface area contributed by atoms with Crippen molar-refractivity contribution in [2.24, 2.45) is 0 Å². The molecule has 7 nitrogen and oxygen atoms in total. The number of pyridine rings is 1. The average Bonchev–Trinajstić information content (AvgIpc) is 3.19. The highest BCUT2D eigenvalue weighted by atomic mass is 35.5. The second-order valence-electron chi connectivity index (χ2n) is 12.0. The summed E-state index contributed by atoms with van der Waals surface area (Å²) in [5, 5.41) is 25.2. The van der Waals surface area contributed by atoms with Crippen LogP contribution in [0.5, 0.6) is 0 Å². The molecule has 2 N–H and O–H groups in total. The van der Waals surface area contributed by atoms with Crippen LogP contribution < -0.4 is 10.6 Å². The number of hydrogen-bond donors (Lipinski definition) is 2. The van der Waals surface area contributed by atoms with Gasteiger partial charge in [0.2, 0.25) is 0 Å². The van der Waals surface area contributed by atoms with Crippen molar-refractivity contribution in [3.8, 4) is 12.1 Å². The first-order chi connectivity index (χ1) is 25.7. The summed E-state index contributed by atoms with van der Waals surface area (Å²) in [7, 11) is 0. The fourth-order valence-corrected chi connectivity index (χ4v) is 5.75. The number of nitriles is 2. The van der Waals surface area contributed by atoms with E-state index >= 15 is 0 Å². The van der Waals surface area contributed by atoms with Crippen LogP contribution in [0.4, 0.5) is 8.78 Å². The van der Waals surface area contributed by atoms with Gasteiger partial charge in [-0.05, 0) is 65.9 Å². The van der Waals surface area contributed by atoms with E-state index < -0.39 is 28.7 Å². The van der Waals surface area contributed by atoms with Crippen LogP contribution in [-0.4, -0.2) is 16.8 Å². The van der Waals surface area contributed by atoms with Crippen molar-refractivity contribution >= 4 is 46.5 Å². The first-order valence-electron chi connectivity index (χ1n) is 17.1. The standard InChI is InChI=1S/C23H21N3O.C20H17ClF2N2O/c1-2-8-21(17-9-4-3-5-10-17)26-23(27)19(16-24)15-18-13-14-25-22-12-7-6-11-20(18)22;1-2-6-18(13-7-4-3-5-8-13)25-20(26)14(12-24)11-15-17(22)10-9-16(21)19(15)23/h3-7,9-15,21H,2,8H2,1H3,(H,26,27);3-5,7-11,18H,2,6H2,1H3,(H,25,26)/b19-15+;14-11+/t21-;18-/m00/s1. The number of nitrogens with one attached hydrogen (secondary N) is 2. The van der Waals surface area contributed by atoms with Crippen molar-refractivity contribution in [1.29, 1.82) is 10.5 Å². The van der Waals surface area contributed by atoms with Gasteiger partial charge in [-0.3, -0.25) is 14.6 Å². The average molecular weight is 730 g/mol. The summed E-state index contributed by atoms with van der Waals surface area (Å²) in [5.74, 6) is -2.98. The summed E-state index contributed by atoms with van der Waals surface area (Å²) < 4.78 is 27.9. The highest BCUT2D eigenvalue weighted by Crippen LogP contribution is 2.25. The molecule has 10 heteroatoms. The number of benzene rings is 4. The number of rotatable bonds is 12. The smallest absolute Gasteiger partial charge is 0.262 e. The molecule has 2 atom stereocenters. The third kappa shape index (κ3) is 10.9. The summed E-state index contributed by atoms with van der Waals surface area (Å²) in [5.41, 5.74) is 2.73. The van der Waals surface area contributed by atoms with Crippen molar-refractivity contribution < 1.29 is 18.4 Å². The molecule has 0 saturated carbocycles. The van der Waals surface area contributed by atoms with Crippen LogP contribution in [0.15, 0.2) is 120 Å². The quantitative estimate of drug-likeness (QED) is 0.0753. The van der Waals surface area contributed by atoms with E-state index in [1.54, 1.807) is 18.3 Å². The van der Waals surface area contributed by atoms with Gasteiger partial charge in [0.05, 0.1) is 22.6 Å². The number of amides is 2. The second-order valence-corrected chi connectivity index (χ2v) is 12.4. The third-order valence-corrected chi connectivity index (χ3v) is 8.54. The van der Waals surface area contributed by atoms with Gasteiger partial charge in [-0.15, -0.1) is 0 Å². The number of para-hydroxylation sites is 1. The second kappa shape index (κ2) is 20.0. The van der Waals surface area contributed by atoms with E-state index in [4.69, 9.17) is 11.6 Å². The van der Waals surface area contributed by atoms with Crippen molar-refractivity contribution in [3.63, 3.8) is 0 Å². The first-order valence-corrected chi connectivity index (χ1v) is 17.5. The van der Waals surface area contributed by atoms with Gasteiger partial charge < -0.3 is 10.6 Å². The van der Waals surface area contributed by atoms with E-state index in [1.807, 2.05) is 104 Å². The Balaban J connectivity index is 0.000000237. The van der Waals surface area contributed by atoms with Crippen molar-refractivity contribution in [2.45, 2.75) is 51.6 Å². The molecule has 0 spiro atoms. The number of fused-ring (bicyclic) bond motifs is 1. The number of aromatic nitrogens is 1. The molecule has 0 bridgehead atoms. The molecular formula is C43H38ClF2N5O2. The lowest BCUT2D eigenvalue weighted by atomic mass is 10.0. The number of carbonyl (C=O) groups is 2. The van der Waals surface area contributed by atoms with Gasteiger partial charge in [-0.25, -0.2) is 8.78 Å². The minimum Gasteiger partial charge on any atom is -0.345 e. The molecule has 0 saturated heterocycles. The Kier molecular flexibility index (Phi) is 15.0. The van der Waals surface area contributed by atoms with Crippen LogP contribution in [0, 0.1) is 34.3 Å². The zero-order valence-corrected chi connectivity index (χ0v) is 30.1. The monoisotopic (exact) mass is 729 g/mol. The summed E-state index contributed by atoms with van der Waals surface area (Å²) in [4.78, 5) is 29.5. The van der Waals surface area contributed by atoms with Crippen LogP contribution in [0.25, 0.3) is 23.1 Å².